The van der Waals surface area contributed by atoms with E-state index in [1.54, 1.807) is 19.1 Å². The molecular weight excluding hydrogens is 309 g/mol. The lowest BCUT2D eigenvalue weighted by atomic mass is 10.1. The van der Waals surface area contributed by atoms with Gasteiger partial charge in [0.1, 0.15) is 5.82 Å². The van der Waals surface area contributed by atoms with Crippen molar-refractivity contribution in [3.63, 3.8) is 0 Å². The molecule has 2 N–H and O–H groups in total. The standard InChI is InChI=1S/C16H13ClFNO3/c1-9(10-2-4-14(18)5-3-10)19-15(20)11-6-12(16(21)22)8-13(17)7-11/h2-9H,1H3,(H,19,20)(H,21,22)/t9-/m1/s1. The molecule has 0 heterocycles. The number of rotatable bonds is 4. The highest BCUT2D eigenvalue weighted by molar-refractivity contribution is 6.31. The Morgan fingerprint density at radius 2 is 1.73 bits per heavy atom. The monoisotopic (exact) mass is 321 g/mol. The van der Waals surface area contributed by atoms with E-state index in [1.165, 1.54) is 30.3 Å². The summed E-state index contributed by atoms with van der Waals surface area (Å²) in [6.45, 7) is 1.74. The van der Waals surface area contributed by atoms with E-state index in [4.69, 9.17) is 16.7 Å². The molecule has 6 heteroatoms. The molecule has 22 heavy (non-hydrogen) atoms. The van der Waals surface area contributed by atoms with Crippen LogP contribution in [0.1, 0.15) is 39.2 Å². The third-order valence-corrected chi connectivity index (χ3v) is 3.34. The summed E-state index contributed by atoms with van der Waals surface area (Å²) in [5.41, 5.74) is 0.821. The number of hydrogen-bond acceptors (Lipinski definition) is 2. The molecule has 0 unspecified atom stereocenters. The Morgan fingerprint density at radius 1 is 1.14 bits per heavy atom. The first-order chi connectivity index (χ1) is 10.4. The maximum atomic E-state index is 12.9. The van der Waals surface area contributed by atoms with Crippen LogP contribution in [0.25, 0.3) is 0 Å². The van der Waals surface area contributed by atoms with Crippen molar-refractivity contribution in [3.8, 4) is 0 Å². The van der Waals surface area contributed by atoms with Gasteiger partial charge in [0.25, 0.3) is 5.91 Å². The second kappa shape index (κ2) is 6.58. The summed E-state index contributed by atoms with van der Waals surface area (Å²) in [4.78, 5) is 23.2. The Hall–Kier alpha value is -2.40. The highest BCUT2D eigenvalue weighted by Crippen LogP contribution is 2.18. The molecule has 1 atom stereocenters. The molecule has 0 spiro atoms. The number of hydrogen-bond donors (Lipinski definition) is 2. The molecule has 0 aliphatic carbocycles. The summed E-state index contributed by atoms with van der Waals surface area (Å²) in [6, 6.07) is 9.30. The van der Waals surface area contributed by atoms with Crippen LogP contribution in [0.15, 0.2) is 42.5 Å². The van der Waals surface area contributed by atoms with Gasteiger partial charge in [0.15, 0.2) is 0 Å². The summed E-state index contributed by atoms with van der Waals surface area (Å²) in [5, 5.41) is 11.9. The van der Waals surface area contributed by atoms with Crippen LogP contribution in [0.3, 0.4) is 0 Å². The second-order valence-corrected chi connectivity index (χ2v) is 5.22. The first-order valence-corrected chi connectivity index (χ1v) is 6.85. The first-order valence-electron chi connectivity index (χ1n) is 6.47. The third-order valence-electron chi connectivity index (χ3n) is 3.12. The van der Waals surface area contributed by atoms with Gasteiger partial charge in [0.2, 0.25) is 0 Å². The smallest absolute Gasteiger partial charge is 0.335 e. The number of nitrogens with one attached hydrogen (secondary N) is 1. The molecule has 0 radical (unpaired) electrons. The molecule has 2 aromatic carbocycles. The summed E-state index contributed by atoms with van der Waals surface area (Å²) in [6.07, 6.45) is 0. The van der Waals surface area contributed by atoms with Crippen LogP contribution in [0.5, 0.6) is 0 Å². The topological polar surface area (TPSA) is 66.4 Å². The molecular formula is C16H13ClFNO3. The van der Waals surface area contributed by atoms with Crippen molar-refractivity contribution < 1.29 is 19.1 Å². The summed E-state index contributed by atoms with van der Waals surface area (Å²) >= 11 is 5.82. The lowest BCUT2D eigenvalue weighted by Crippen LogP contribution is -2.26. The quantitative estimate of drug-likeness (QED) is 0.903. The van der Waals surface area contributed by atoms with E-state index in [1.807, 2.05) is 0 Å². The Morgan fingerprint density at radius 3 is 2.32 bits per heavy atom. The molecule has 0 aliphatic rings. The van der Waals surface area contributed by atoms with E-state index < -0.39 is 11.9 Å². The fourth-order valence-electron chi connectivity index (χ4n) is 1.96. The Bertz CT molecular complexity index is 716. The van der Waals surface area contributed by atoms with Crippen molar-refractivity contribution in [3.05, 3.63) is 70.0 Å². The number of carboxylic acids is 1. The number of carbonyl (C=O) groups is 2. The fourth-order valence-corrected chi connectivity index (χ4v) is 2.19. The van der Waals surface area contributed by atoms with Crippen LogP contribution in [0.4, 0.5) is 4.39 Å². The molecule has 2 rings (SSSR count). The predicted octanol–water partition coefficient (Wildman–Crippen LogP) is 3.67. The van der Waals surface area contributed by atoms with E-state index in [0.29, 0.717) is 0 Å². The van der Waals surface area contributed by atoms with E-state index in [0.717, 1.165) is 5.56 Å². The average Bonchev–Trinajstić information content (AvgIpc) is 2.47. The molecule has 0 bridgehead atoms. The number of carboxylic acid groups (broad SMARTS) is 1. The molecule has 114 valence electrons. The minimum atomic E-state index is -1.16. The number of benzene rings is 2. The lowest BCUT2D eigenvalue weighted by molar-refractivity contribution is 0.0697. The summed E-state index contributed by atoms with van der Waals surface area (Å²) in [7, 11) is 0. The zero-order valence-electron chi connectivity index (χ0n) is 11.6. The fraction of sp³-hybridized carbons (Fsp3) is 0.125. The molecule has 1 amide bonds. The van der Waals surface area contributed by atoms with Crippen molar-refractivity contribution in [1.82, 2.24) is 5.32 Å². The highest BCUT2D eigenvalue weighted by atomic mass is 35.5. The van der Waals surface area contributed by atoms with Gasteiger partial charge in [-0.15, -0.1) is 0 Å². The van der Waals surface area contributed by atoms with Crippen molar-refractivity contribution in [2.45, 2.75) is 13.0 Å². The molecule has 0 saturated heterocycles. The third kappa shape index (κ3) is 3.83. The van der Waals surface area contributed by atoms with E-state index in [9.17, 15) is 14.0 Å². The SMILES string of the molecule is C[C@@H](NC(=O)c1cc(Cl)cc(C(=O)O)c1)c1ccc(F)cc1. The van der Waals surface area contributed by atoms with Crippen LogP contribution < -0.4 is 5.32 Å². The van der Waals surface area contributed by atoms with E-state index in [2.05, 4.69) is 5.32 Å². The maximum absolute atomic E-state index is 12.9. The largest absolute Gasteiger partial charge is 0.478 e. The van der Waals surface area contributed by atoms with Gasteiger partial charge in [-0.3, -0.25) is 4.79 Å². The molecule has 4 nitrogen and oxygen atoms in total. The summed E-state index contributed by atoms with van der Waals surface area (Å²) in [5.74, 6) is -1.98. The first kappa shape index (κ1) is 16.0. The zero-order chi connectivity index (χ0) is 16.3. The van der Waals surface area contributed by atoms with Crippen molar-refractivity contribution in [2.24, 2.45) is 0 Å². The van der Waals surface area contributed by atoms with Crippen LogP contribution in [0.2, 0.25) is 5.02 Å². The number of carbonyl (C=O) groups excluding carboxylic acids is 1. The maximum Gasteiger partial charge on any atom is 0.335 e. The number of aromatic carboxylic acids is 1. The average molecular weight is 322 g/mol. The minimum Gasteiger partial charge on any atom is -0.478 e. The Labute approximate surface area is 131 Å². The molecule has 0 saturated carbocycles. The van der Waals surface area contributed by atoms with Crippen molar-refractivity contribution in [1.29, 1.82) is 0 Å². The van der Waals surface area contributed by atoms with Gasteiger partial charge in [-0.1, -0.05) is 23.7 Å². The van der Waals surface area contributed by atoms with Crippen molar-refractivity contribution in [2.75, 3.05) is 0 Å². The van der Waals surface area contributed by atoms with Gasteiger partial charge in [-0.2, -0.15) is 0 Å². The van der Waals surface area contributed by atoms with Gasteiger partial charge in [0.05, 0.1) is 11.6 Å². The normalized spacial score (nSPS) is 11.8. The van der Waals surface area contributed by atoms with E-state index >= 15 is 0 Å². The van der Waals surface area contributed by atoms with E-state index in [-0.39, 0.29) is 28.0 Å². The molecule has 0 aromatic heterocycles. The van der Waals surface area contributed by atoms with Crippen LogP contribution in [0, 0.1) is 5.82 Å². The second-order valence-electron chi connectivity index (χ2n) is 4.78. The molecule has 0 aliphatic heterocycles. The predicted molar refractivity (Wildman–Crippen MR) is 80.7 cm³/mol. The lowest BCUT2D eigenvalue weighted by Gasteiger charge is -2.14. The summed E-state index contributed by atoms with van der Waals surface area (Å²) < 4.78 is 12.9. The van der Waals surface area contributed by atoms with Crippen LogP contribution in [-0.4, -0.2) is 17.0 Å². The highest BCUT2D eigenvalue weighted by Gasteiger charge is 2.14. The minimum absolute atomic E-state index is 0.0629. The van der Waals surface area contributed by atoms with Gasteiger partial charge in [-0.05, 0) is 42.8 Å². The van der Waals surface area contributed by atoms with Gasteiger partial charge >= 0.3 is 5.97 Å². The van der Waals surface area contributed by atoms with Crippen LogP contribution in [-0.2, 0) is 0 Å². The van der Waals surface area contributed by atoms with Gasteiger partial charge in [-0.25, -0.2) is 9.18 Å². The van der Waals surface area contributed by atoms with Gasteiger partial charge < -0.3 is 10.4 Å². The molecule has 0 fully saturated rings. The number of halogens is 2. The molecule has 2 aromatic rings. The van der Waals surface area contributed by atoms with Crippen molar-refractivity contribution >= 4 is 23.5 Å². The zero-order valence-corrected chi connectivity index (χ0v) is 12.4. The Balaban J connectivity index is 2.18. The number of amides is 1. The van der Waals surface area contributed by atoms with Crippen LogP contribution >= 0.6 is 11.6 Å². The van der Waals surface area contributed by atoms with Gasteiger partial charge in [0, 0.05) is 10.6 Å². The Kier molecular flexibility index (Phi) is 4.78.